The topological polar surface area (TPSA) is 155 Å². The Morgan fingerprint density at radius 3 is 2.47 bits per heavy atom. The number of carboxylic acids is 1. The molecule has 4 amide bonds. The number of nitrogens with one attached hydrogen (secondary N) is 1. The van der Waals surface area contributed by atoms with Gasteiger partial charge in [0, 0.05) is 25.7 Å². The first-order valence-corrected chi connectivity index (χ1v) is 16.9. The van der Waals surface area contributed by atoms with Crippen LogP contribution in [-0.2, 0) is 30.4 Å². The smallest absolute Gasteiger partial charge is 0.433 e. The molecule has 2 N–H and O–H groups in total. The van der Waals surface area contributed by atoms with Crippen molar-refractivity contribution in [2.24, 2.45) is 16.8 Å². The fourth-order valence-corrected chi connectivity index (χ4v) is 7.24. The normalized spacial score (nSPS) is 30.3. The van der Waals surface area contributed by atoms with Crippen LogP contribution in [-0.4, -0.2) is 87.5 Å². The highest BCUT2D eigenvalue weighted by atomic mass is 16.6. The second kappa shape index (κ2) is 14.0. The zero-order valence-electron chi connectivity index (χ0n) is 27.9. The van der Waals surface area contributed by atoms with Crippen molar-refractivity contribution < 1.29 is 38.6 Å². The molecule has 1 aromatic rings. The number of aliphatic carboxylic acids is 1. The van der Waals surface area contributed by atoms with Gasteiger partial charge in [-0.1, -0.05) is 63.3 Å². The average molecular weight is 653 g/mol. The van der Waals surface area contributed by atoms with Crippen LogP contribution < -0.4 is 5.32 Å². The molecular weight excluding hydrogens is 604 g/mol. The molecule has 0 spiro atoms. The van der Waals surface area contributed by atoms with Gasteiger partial charge < -0.3 is 29.7 Å². The number of carbonyl (C=O) groups is 5. The Morgan fingerprint density at radius 2 is 1.74 bits per heavy atom. The standard InChI is InChI=1S/C35H48N4O8/c1-22-19-38(20-24-13-10-11-15-27(22)24)33(45)46-26-16-28-29(40)37-35(31(42)43)17-25(35)14-9-7-5-6-8-12-23(30(41)39(28)21-26)18-36-32(44)47-34(2,3)4/h10-11,13,15,18,22-23,25-26,28H,5-9,12,14,16-17,19-21H2,1-4H3,(H,37,40)(H,42,43)/t22-,23?,25+,26+,28-,35+/m0/s1. The zero-order chi connectivity index (χ0) is 33.9. The van der Waals surface area contributed by atoms with E-state index >= 15 is 0 Å². The van der Waals surface area contributed by atoms with Gasteiger partial charge in [-0.25, -0.2) is 14.4 Å². The van der Waals surface area contributed by atoms with Crippen molar-refractivity contribution in [3.63, 3.8) is 0 Å². The van der Waals surface area contributed by atoms with Crippen LogP contribution in [0.25, 0.3) is 0 Å². The van der Waals surface area contributed by atoms with Crippen LogP contribution in [0.5, 0.6) is 0 Å². The first-order chi connectivity index (χ1) is 22.3. The van der Waals surface area contributed by atoms with E-state index in [-0.39, 0.29) is 24.8 Å². The zero-order valence-corrected chi connectivity index (χ0v) is 27.9. The summed E-state index contributed by atoms with van der Waals surface area (Å²) in [5.74, 6) is -2.97. The predicted molar refractivity (Wildman–Crippen MR) is 173 cm³/mol. The lowest BCUT2D eigenvalue weighted by molar-refractivity contribution is -0.145. The summed E-state index contributed by atoms with van der Waals surface area (Å²) in [6, 6.07) is 6.91. The van der Waals surface area contributed by atoms with E-state index in [0.717, 1.165) is 31.2 Å². The van der Waals surface area contributed by atoms with Gasteiger partial charge in [-0.05, 0) is 63.0 Å². The van der Waals surface area contributed by atoms with Crippen molar-refractivity contribution in [2.75, 3.05) is 13.1 Å². The molecule has 0 radical (unpaired) electrons. The molecule has 3 aliphatic heterocycles. The van der Waals surface area contributed by atoms with E-state index in [1.54, 1.807) is 25.7 Å². The molecule has 12 heteroatoms. The van der Waals surface area contributed by atoms with Gasteiger partial charge in [0.1, 0.15) is 23.3 Å². The van der Waals surface area contributed by atoms with Gasteiger partial charge in [-0.2, -0.15) is 4.99 Å². The highest BCUT2D eigenvalue weighted by Crippen LogP contribution is 2.47. The van der Waals surface area contributed by atoms with Crippen molar-refractivity contribution in [3.05, 3.63) is 35.4 Å². The van der Waals surface area contributed by atoms with Crippen LogP contribution in [0.3, 0.4) is 0 Å². The van der Waals surface area contributed by atoms with E-state index in [0.29, 0.717) is 38.8 Å². The minimum absolute atomic E-state index is 0.0274. The minimum Gasteiger partial charge on any atom is -0.479 e. The Labute approximate surface area is 276 Å². The van der Waals surface area contributed by atoms with Gasteiger partial charge in [-0.15, -0.1) is 0 Å². The van der Waals surface area contributed by atoms with E-state index in [4.69, 9.17) is 9.47 Å². The number of ether oxygens (including phenoxy) is 2. The molecule has 1 unspecified atom stereocenters. The number of hydrogen-bond acceptors (Lipinski definition) is 7. The Balaban J connectivity index is 1.37. The SMILES string of the molecule is C[C@H]1CN(C(=O)O[C@@H]2C[C@H]3C(=O)N[C@]4(C(=O)O)C[C@H]4CCCCCCCC(C=NC(=O)OC(C)(C)C)C(=O)N3C2)Cc2ccccc21. The highest BCUT2D eigenvalue weighted by molar-refractivity contribution is 6.00. The first kappa shape index (κ1) is 34.4. The van der Waals surface area contributed by atoms with Crippen molar-refractivity contribution >= 4 is 36.2 Å². The second-order valence-corrected chi connectivity index (χ2v) is 14.6. The maximum absolute atomic E-state index is 14.2. The van der Waals surface area contributed by atoms with Gasteiger partial charge in [0.05, 0.1) is 12.5 Å². The molecule has 0 bridgehead atoms. The van der Waals surface area contributed by atoms with Crippen LogP contribution in [0, 0.1) is 11.8 Å². The summed E-state index contributed by atoms with van der Waals surface area (Å²) in [5.41, 5.74) is 0.109. The molecule has 1 aromatic carbocycles. The molecule has 256 valence electrons. The molecule has 47 heavy (non-hydrogen) atoms. The van der Waals surface area contributed by atoms with Crippen LogP contribution in [0.4, 0.5) is 9.59 Å². The summed E-state index contributed by atoms with van der Waals surface area (Å²) in [7, 11) is 0. The molecule has 12 nitrogen and oxygen atoms in total. The minimum atomic E-state index is -1.37. The van der Waals surface area contributed by atoms with Gasteiger partial charge in [-0.3, -0.25) is 9.59 Å². The quantitative estimate of drug-likeness (QED) is 0.431. The summed E-state index contributed by atoms with van der Waals surface area (Å²) in [6.45, 7) is 8.05. The molecule has 1 aliphatic carbocycles. The van der Waals surface area contributed by atoms with Gasteiger partial charge >= 0.3 is 18.2 Å². The maximum atomic E-state index is 14.2. The third-order valence-electron chi connectivity index (χ3n) is 9.79. The molecule has 1 saturated carbocycles. The average Bonchev–Trinajstić information content (AvgIpc) is 3.54. The molecule has 6 atom stereocenters. The number of nitrogens with zero attached hydrogens (tertiary/aromatic N) is 3. The van der Waals surface area contributed by atoms with E-state index < -0.39 is 59.2 Å². The third-order valence-corrected chi connectivity index (χ3v) is 9.79. The number of carboxylic acid groups (broad SMARTS) is 1. The number of amides is 4. The molecular formula is C35H48N4O8. The van der Waals surface area contributed by atoms with E-state index in [9.17, 15) is 29.1 Å². The summed E-state index contributed by atoms with van der Waals surface area (Å²) in [5, 5.41) is 12.9. The lowest BCUT2D eigenvalue weighted by Gasteiger charge is -2.33. The van der Waals surface area contributed by atoms with Gasteiger partial charge in [0.2, 0.25) is 11.8 Å². The molecule has 2 saturated heterocycles. The fourth-order valence-electron chi connectivity index (χ4n) is 7.24. The Morgan fingerprint density at radius 1 is 1.04 bits per heavy atom. The number of benzene rings is 1. The van der Waals surface area contributed by atoms with Crippen molar-refractivity contribution in [2.45, 2.75) is 121 Å². The van der Waals surface area contributed by atoms with Crippen molar-refractivity contribution in [1.82, 2.24) is 15.1 Å². The van der Waals surface area contributed by atoms with Gasteiger partial charge in [0.25, 0.3) is 0 Å². The lowest BCUT2D eigenvalue weighted by Crippen LogP contribution is -2.54. The van der Waals surface area contributed by atoms with Crippen LogP contribution >= 0.6 is 0 Å². The maximum Gasteiger partial charge on any atom is 0.433 e. The number of rotatable bonds is 3. The van der Waals surface area contributed by atoms with E-state index in [1.807, 2.05) is 18.2 Å². The molecule has 5 rings (SSSR count). The van der Waals surface area contributed by atoms with E-state index in [2.05, 4.69) is 23.3 Å². The summed E-state index contributed by atoms with van der Waals surface area (Å²) in [6.07, 6.45) is 4.91. The monoisotopic (exact) mass is 652 g/mol. The van der Waals surface area contributed by atoms with Crippen molar-refractivity contribution in [1.29, 1.82) is 0 Å². The summed E-state index contributed by atoms with van der Waals surface area (Å²) >= 11 is 0. The Kier molecular flexibility index (Phi) is 10.3. The van der Waals surface area contributed by atoms with Crippen LogP contribution in [0.1, 0.15) is 103 Å². The number of hydrogen-bond donors (Lipinski definition) is 2. The summed E-state index contributed by atoms with van der Waals surface area (Å²) in [4.78, 5) is 73.2. The molecule has 3 heterocycles. The van der Waals surface area contributed by atoms with Crippen molar-refractivity contribution in [3.8, 4) is 0 Å². The molecule has 0 aromatic heterocycles. The molecule has 4 aliphatic rings. The Hall–Kier alpha value is -3.96. The first-order valence-electron chi connectivity index (χ1n) is 16.9. The predicted octanol–water partition coefficient (Wildman–Crippen LogP) is 5.04. The number of aliphatic imine (C=N–C) groups is 1. The Bertz CT molecular complexity index is 1410. The third kappa shape index (κ3) is 8.13. The number of carbonyl (C=O) groups excluding carboxylic acids is 4. The van der Waals surface area contributed by atoms with E-state index in [1.165, 1.54) is 16.7 Å². The molecule has 3 fully saturated rings. The highest BCUT2D eigenvalue weighted by Gasteiger charge is 2.62. The fraction of sp³-hybridized carbons (Fsp3) is 0.657. The largest absolute Gasteiger partial charge is 0.479 e. The van der Waals surface area contributed by atoms with Crippen LogP contribution in [0.2, 0.25) is 0 Å². The lowest BCUT2D eigenvalue weighted by atomic mass is 9.91. The second-order valence-electron chi connectivity index (χ2n) is 14.6. The number of fused-ring (bicyclic) bond motifs is 3. The summed E-state index contributed by atoms with van der Waals surface area (Å²) < 4.78 is 11.2. The van der Waals surface area contributed by atoms with Gasteiger partial charge in [0.15, 0.2) is 0 Å². The van der Waals surface area contributed by atoms with Crippen LogP contribution in [0.15, 0.2) is 29.3 Å².